The molecular weight excluding hydrogens is 382 g/mol. The number of likely N-dealkylation sites (tertiary alicyclic amines) is 1. The van der Waals surface area contributed by atoms with E-state index in [2.05, 4.69) is 10.2 Å². The summed E-state index contributed by atoms with van der Waals surface area (Å²) in [5.41, 5.74) is 1.10. The Kier molecular flexibility index (Phi) is 6.74. The van der Waals surface area contributed by atoms with Crippen LogP contribution >= 0.6 is 12.4 Å². The molecule has 9 heteroatoms. The Hall–Kier alpha value is -1.90. The summed E-state index contributed by atoms with van der Waals surface area (Å²) in [5, 5.41) is 14.9. The third kappa shape index (κ3) is 4.24. The third-order valence-corrected chi connectivity index (χ3v) is 5.98. The van der Waals surface area contributed by atoms with Gasteiger partial charge in [0.15, 0.2) is 0 Å². The van der Waals surface area contributed by atoms with E-state index in [4.69, 9.17) is 0 Å². The number of nitro benzene ring substituents is 1. The van der Waals surface area contributed by atoms with Crippen molar-refractivity contribution in [3.63, 3.8) is 0 Å². The van der Waals surface area contributed by atoms with Gasteiger partial charge >= 0.3 is 0 Å². The van der Waals surface area contributed by atoms with Crippen molar-refractivity contribution in [3.8, 4) is 0 Å². The highest BCUT2D eigenvalue weighted by Crippen LogP contribution is 2.32. The van der Waals surface area contributed by atoms with Crippen molar-refractivity contribution in [1.29, 1.82) is 0 Å². The van der Waals surface area contributed by atoms with Gasteiger partial charge in [0, 0.05) is 70.0 Å². The van der Waals surface area contributed by atoms with Gasteiger partial charge < -0.3 is 15.1 Å². The number of halogens is 1. The Bertz CT molecular complexity index is 720. The number of amides is 1. The van der Waals surface area contributed by atoms with E-state index < -0.39 is 0 Å². The molecule has 1 aromatic carbocycles. The molecule has 3 fully saturated rings. The molecule has 1 atom stereocenters. The van der Waals surface area contributed by atoms with Crippen LogP contribution in [0.15, 0.2) is 18.2 Å². The molecule has 3 aliphatic heterocycles. The van der Waals surface area contributed by atoms with Crippen LogP contribution < -0.4 is 10.2 Å². The first kappa shape index (κ1) is 20.8. The van der Waals surface area contributed by atoms with Crippen LogP contribution in [0.4, 0.5) is 11.4 Å². The minimum Gasteiger partial charge on any atom is -0.366 e. The second kappa shape index (κ2) is 9.07. The number of piperazine rings is 1. The lowest BCUT2D eigenvalue weighted by molar-refractivity contribution is -0.384. The van der Waals surface area contributed by atoms with Gasteiger partial charge in [-0.15, -0.1) is 12.4 Å². The summed E-state index contributed by atoms with van der Waals surface area (Å²) < 4.78 is 0. The van der Waals surface area contributed by atoms with Gasteiger partial charge in [-0.25, -0.2) is 0 Å². The first-order chi connectivity index (χ1) is 13.1. The molecular formula is C19H28ClN5O3. The molecule has 0 radical (unpaired) electrons. The molecule has 0 aliphatic carbocycles. The fraction of sp³-hybridized carbons (Fsp3) is 0.632. The standard InChI is InChI=1S/C19H27N5O3.ClH/c25-19(23-10-5-16(14-23)21-11-6-20-7-12-21)15-3-4-17(18(13-15)24(26)27)22-8-1-2-9-22;/h3-4,13,16,20H,1-2,5-12,14H2;1H. The van der Waals surface area contributed by atoms with Gasteiger partial charge in [0.05, 0.1) is 4.92 Å². The van der Waals surface area contributed by atoms with Crippen molar-refractivity contribution in [3.05, 3.63) is 33.9 Å². The maximum atomic E-state index is 12.9. The molecule has 0 spiro atoms. The van der Waals surface area contributed by atoms with Crippen LogP contribution in [0, 0.1) is 10.1 Å². The topological polar surface area (TPSA) is 82.0 Å². The minimum absolute atomic E-state index is 0. The van der Waals surface area contributed by atoms with E-state index in [0.717, 1.165) is 65.1 Å². The highest BCUT2D eigenvalue weighted by molar-refractivity contribution is 5.96. The maximum absolute atomic E-state index is 12.9. The number of hydrogen-bond acceptors (Lipinski definition) is 6. The number of nitrogens with one attached hydrogen (secondary N) is 1. The number of hydrogen-bond donors (Lipinski definition) is 1. The molecule has 4 rings (SSSR count). The van der Waals surface area contributed by atoms with Crippen molar-refractivity contribution in [2.24, 2.45) is 0 Å². The van der Waals surface area contributed by atoms with Crippen LogP contribution in [-0.2, 0) is 0 Å². The average Bonchev–Trinajstić information content (AvgIpc) is 3.40. The summed E-state index contributed by atoms with van der Waals surface area (Å²) in [6.07, 6.45) is 3.08. The highest BCUT2D eigenvalue weighted by atomic mass is 35.5. The highest BCUT2D eigenvalue weighted by Gasteiger charge is 2.32. The van der Waals surface area contributed by atoms with Crippen molar-refractivity contribution in [2.45, 2.75) is 25.3 Å². The van der Waals surface area contributed by atoms with Gasteiger partial charge in [0.25, 0.3) is 11.6 Å². The van der Waals surface area contributed by atoms with Crippen LogP contribution in [0.5, 0.6) is 0 Å². The zero-order chi connectivity index (χ0) is 18.8. The van der Waals surface area contributed by atoms with Crippen molar-refractivity contribution in [2.75, 3.05) is 57.3 Å². The van der Waals surface area contributed by atoms with Crippen LogP contribution in [-0.4, -0.2) is 79.0 Å². The fourth-order valence-electron chi connectivity index (χ4n) is 4.48. The number of nitrogens with zero attached hydrogens (tertiary/aromatic N) is 4. The summed E-state index contributed by atoms with van der Waals surface area (Å²) in [5.74, 6) is -0.0938. The van der Waals surface area contributed by atoms with E-state index in [1.54, 1.807) is 12.1 Å². The lowest BCUT2D eigenvalue weighted by Gasteiger charge is -2.32. The Balaban J connectivity index is 0.00000225. The molecule has 3 saturated heterocycles. The molecule has 1 aromatic rings. The Labute approximate surface area is 171 Å². The largest absolute Gasteiger partial charge is 0.366 e. The third-order valence-electron chi connectivity index (χ3n) is 5.98. The Morgan fingerprint density at radius 1 is 1.11 bits per heavy atom. The Morgan fingerprint density at radius 3 is 2.50 bits per heavy atom. The van der Waals surface area contributed by atoms with Gasteiger partial charge in [0.2, 0.25) is 0 Å². The first-order valence-corrected chi connectivity index (χ1v) is 9.91. The average molecular weight is 410 g/mol. The predicted octanol–water partition coefficient (Wildman–Crippen LogP) is 1.74. The second-order valence-electron chi connectivity index (χ2n) is 7.63. The molecule has 1 amide bonds. The smallest absolute Gasteiger partial charge is 0.293 e. The summed E-state index contributed by atoms with van der Waals surface area (Å²) in [6.45, 7) is 7.13. The van der Waals surface area contributed by atoms with Crippen LogP contribution in [0.1, 0.15) is 29.6 Å². The van der Waals surface area contributed by atoms with Crippen molar-refractivity contribution < 1.29 is 9.72 Å². The normalized spacial score (nSPS) is 22.9. The summed E-state index contributed by atoms with van der Waals surface area (Å²) in [4.78, 5) is 30.5. The van der Waals surface area contributed by atoms with Crippen LogP contribution in [0.2, 0.25) is 0 Å². The van der Waals surface area contributed by atoms with E-state index in [9.17, 15) is 14.9 Å². The zero-order valence-electron chi connectivity index (χ0n) is 16.0. The number of benzene rings is 1. The molecule has 1 unspecified atom stereocenters. The molecule has 1 N–H and O–H groups in total. The quantitative estimate of drug-likeness (QED) is 0.602. The number of carbonyl (C=O) groups is 1. The van der Waals surface area contributed by atoms with E-state index in [-0.39, 0.29) is 28.9 Å². The first-order valence-electron chi connectivity index (χ1n) is 9.91. The molecule has 8 nitrogen and oxygen atoms in total. The summed E-state index contributed by atoms with van der Waals surface area (Å²) >= 11 is 0. The molecule has 28 heavy (non-hydrogen) atoms. The summed E-state index contributed by atoms with van der Waals surface area (Å²) in [6, 6.07) is 5.37. The zero-order valence-corrected chi connectivity index (χ0v) is 16.8. The number of carbonyl (C=O) groups excluding carboxylic acids is 1. The van der Waals surface area contributed by atoms with Crippen LogP contribution in [0.3, 0.4) is 0 Å². The number of rotatable bonds is 4. The van der Waals surface area contributed by atoms with E-state index in [0.29, 0.717) is 23.8 Å². The van der Waals surface area contributed by atoms with Gasteiger partial charge in [-0.2, -0.15) is 0 Å². The van der Waals surface area contributed by atoms with Crippen molar-refractivity contribution in [1.82, 2.24) is 15.1 Å². The number of nitro groups is 1. The molecule has 3 aliphatic rings. The summed E-state index contributed by atoms with van der Waals surface area (Å²) in [7, 11) is 0. The molecule has 3 heterocycles. The van der Waals surface area contributed by atoms with Gasteiger partial charge in [-0.1, -0.05) is 0 Å². The van der Waals surface area contributed by atoms with Crippen LogP contribution in [0.25, 0.3) is 0 Å². The lowest BCUT2D eigenvalue weighted by atomic mass is 10.1. The molecule has 0 bridgehead atoms. The maximum Gasteiger partial charge on any atom is 0.293 e. The fourth-order valence-corrected chi connectivity index (χ4v) is 4.48. The van der Waals surface area contributed by atoms with Gasteiger partial charge in [-0.3, -0.25) is 19.8 Å². The van der Waals surface area contributed by atoms with Gasteiger partial charge in [0.1, 0.15) is 5.69 Å². The lowest BCUT2D eigenvalue weighted by Crippen LogP contribution is -2.49. The van der Waals surface area contributed by atoms with E-state index in [1.165, 1.54) is 6.07 Å². The molecule has 154 valence electrons. The van der Waals surface area contributed by atoms with Crippen molar-refractivity contribution >= 4 is 29.7 Å². The molecule has 0 aromatic heterocycles. The number of anilines is 1. The minimum atomic E-state index is -0.363. The molecule has 0 saturated carbocycles. The Morgan fingerprint density at radius 2 is 1.82 bits per heavy atom. The second-order valence-corrected chi connectivity index (χ2v) is 7.63. The predicted molar refractivity (Wildman–Crippen MR) is 111 cm³/mol. The van der Waals surface area contributed by atoms with E-state index in [1.807, 2.05) is 9.80 Å². The van der Waals surface area contributed by atoms with E-state index >= 15 is 0 Å². The van der Waals surface area contributed by atoms with Gasteiger partial charge in [-0.05, 0) is 31.4 Å². The monoisotopic (exact) mass is 409 g/mol. The SMILES string of the molecule is Cl.O=C(c1ccc(N2CCCC2)c([N+](=O)[O-])c1)N1CCC(N2CCNCC2)C1.